The average molecular weight is 717 g/mol. The molecule has 2 nitrogen and oxygen atoms in total. The molecule has 0 atom stereocenters. The van der Waals surface area contributed by atoms with Crippen LogP contribution in [0.5, 0.6) is 0 Å². The Morgan fingerprint density at radius 2 is 0.873 bits per heavy atom. The predicted molar refractivity (Wildman–Crippen MR) is 236 cm³/mol. The van der Waals surface area contributed by atoms with Crippen LogP contribution in [0.25, 0.3) is 108 Å². The molecule has 12 aromatic rings. The van der Waals surface area contributed by atoms with Gasteiger partial charge in [-0.1, -0.05) is 121 Å². The van der Waals surface area contributed by atoms with E-state index in [0.29, 0.717) is 0 Å². The van der Waals surface area contributed by atoms with Gasteiger partial charge in [0.15, 0.2) is 0 Å². The third-order valence-corrected chi connectivity index (χ3v) is 12.6. The average Bonchev–Trinajstić information content (AvgIpc) is 3.91. The lowest BCUT2D eigenvalue weighted by atomic mass is 10.00. The second-order valence-corrected chi connectivity index (χ2v) is 15.6. The van der Waals surface area contributed by atoms with E-state index in [9.17, 15) is 0 Å². The molecule has 9 aromatic carbocycles. The summed E-state index contributed by atoms with van der Waals surface area (Å²) in [7, 11) is 0. The zero-order valence-electron chi connectivity index (χ0n) is 29.8. The van der Waals surface area contributed by atoms with Gasteiger partial charge in [0.25, 0.3) is 0 Å². The second kappa shape index (κ2) is 11.8. The Morgan fingerprint density at radius 1 is 0.291 bits per heavy atom. The number of hydrogen-bond donors (Lipinski definition) is 0. The van der Waals surface area contributed by atoms with Crippen LogP contribution in [0.15, 0.2) is 194 Å². The van der Waals surface area contributed by atoms with Gasteiger partial charge < -0.3 is 9.13 Å². The number of hydrogen-bond acceptors (Lipinski definition) is 1. The summed E-state index contributed by atoms with van der Waals surface area (Å²) in [5, 5.41) is 10.2. The van der Waals surface area contributed by atoms with E-state index in [4.69, 9.17) is 0 Å². The first-order valence-corrected chi connectivity index (χ1v) is 19.7. The first kappa shape index (κ1) is 30.5. The molecule has 0 aliphatic rings. The van der Waals surface area contributed by atoms with E-state index in [0.717, 1.165) is 5.69 Å². The lowest BCUT2D eigenvalue weighted by Gasteiger charge is -2.11. The zero-order chi connectivity index (χ0) is 36.0. The van der Waals surface area contributed by atoms with Crippen LogP contribution in [-0.2, 0) is 0 Å². The topological polar surface area (TPSA) is 9.86 Å². The van der Waals surface area contributed by atoms with Crippen molar-refractivity contribution in [2.24, 2.45) is 0 Å². The maximum Gasteiger partial charge on any atom is 0.0619 e. The predicted octanol–water partition coefficient (Wildman–Crippen LogP) is 14.7. The highest BCUT2D eigenvalue weighted by Crippen LogP contribution is 2.41. The highest BCUT2D eigenvalue weighted by molar-refractivity contribution is 7.25. The lowest BCUT2D eigenvalue weighted by Crippen LogP contribution is -1.94. The molecule has 0 aliphatic heterocycles. The van der Waals surface area contributed by atoms with Gasteiger partial charge in [-0.2, -0.15) is 0 Å². The van der Waals surface area contributed by atoms with Crippen molar-refractivity contribution in [2.45, 2.75) is 0 Å². The van der Waals surface area contributed by atoms with E-state index >= 15 is 0 Å². The number of nitrogens with zero attached hydrogens (tertiary/aromatic N) is 2. The van der Waals surface area contributed by atoms with E-state index in [1.54, 1.807) is 0 Å². The molecule has 0 N–H and O–H groups in total. The zero-order valence-corrected chi connectivity index (χ0v) is 30.6. The summed E-state index contributed by atoms with van der Waals surface area (Å²) in [5.74, 6) is 0. The van der Waals surface area contributed by atoms with Crippen molar-refractivity contribution in [3.05, 3.63) is 194 Å². The maximum absolute atomic E-state index is 2.43. The summed E-state index contributed by atoms with van der Waals surface area (Å²) in [5.41, 5.74) is 12.1. The normalized spacial score (nSPS) is 12.0. The molecule has 0 fully saturated rings. The smallest absolute Gasteiger partial charge is 0.0619 e. The molecule has 0 spiro atoms. The molecule has 0 aliphatic carbocycles. The molecule has 0 radical (unpaired) electrons. The van der Waals surface area contributed by atoms with E-state index in [2.05, 4.69) is 203 Å². The summed E-state index contributed by atoms with van der Waals surface area (Å²) < 4.78 is 7.52. The fourth-order valence-corrected chi connectivity index (χ4v) is 10.1. The number of para-hydroxylation sites is 2. The molecule has 256 valence electrons. The van der Waals surface area contributed by atoms with Gasteiger partial charge in [-0.25, -0.2) is 0 Å². The minimum Gasteiger partial charge on any atom is -0.309 e. The Bertz CT molecular complexity index is 3490. The van der Waals surface area contributed by atoms with Gasteiger partial charge in [0.1, 0.15) is 0 Å². The SMILES string of the molecule is c1ccc(-n2c3ccc(-c4ccc5c(c4)c4ccccc4n5-c4cccc(-c5ccc6sc7ccccc7c6c5)c4)cc3c3ccc4ccccc4c32)cc1. The van der Waals surface area contributed by atoms with Crippen LogP contribution >= 0.6 is 11.3 Å². The van der Waals surface area contributed by atoms with Crippen molar-refractivity contribution in [3.63, 3.8) is 0 Å². The fraction of sp³-hybridized carbons (Fsp3) is 0. The van der Waals surface area contributed by atoms with Crippen LogP contribution in [0, 0.1) is 0 Å². The van der Waals surface area contributed by atoms with Crippen LogP contribution < -0.4 is 0 Å². The van der Waals surface area contributed by atoms with Crippen molar-refractivity contribution in [2.75, 3.05) is 0 Å². The van der Waals surface area contributed by atoms with Gasteiger partial charge in [-0.05, 0) is 100 Å². The van der Waals surface area contributed by atoms with E-state index in [1.807, 2.05) is 11.3 Å². The van der Waals surface area contributed by atoms with Crippen LogP contribution in [0.3, 0.4) is 0 Å². The number of rotatable bonds is 4. The van der Waals surface area contributed by atoms with Crippen molar-refractivity contribution < 1.29 is 0 Å². The van der Waals surface area contributed by atoms with Gasteiger partial charge in [0.05, 0.1) is 22.1 Å². The van der Waals surface area contributed by atoms with Gasteiger partial charge in [0.2, 0.25) is 0 Å². The Balaban J connectivity index is 1.02. The Kier molecular flexibility index (Phi) is 6.54. The Morgan fingerprint density at radius 3 is 1.71 bits per heavy atom. The third-order valence-electron chi connectivity index (χ3n) is 11.5. The molecule has 3 heterocycles. The molecule has 3 aromatic heterocycles. The Hall–Kier alpha value is -6.94. The lowest BCUT2D eigenvalue weighted by molar-refractivity contribution is 1.18. The van der Waals surface area contributed by atoms with E-state index in [1.165, 1.54) is 102 Å². The Labute approximate surface area is 321 Å². The highest BCUT2D eigenvalue weighted by atomic mass is 32.1. The molecular formula is C52H32N2S. The van der Waals surface area contributed by atoms with E-state index < -0.39 is 0 Å². The molecule has 12 rings (SSSR count). The van der Waals surface area contributed by atoms with Crippen molar-refractivity contribution in [1.29, 1.82) is 0 Å². The number of benzene rings is 9. The van der Waals surface area contributed by atoms with Crippen molar-refractivity contribution in [3.8, 4) is 33.6 Å². The van der Waals surface area contributed by atoms with Crippen LogP contribution in [0.1, 0.15) is 0 Å². The summed E-state index contributed by atoms with van der Waals surface area (Å²) in [6.45, 7) is 0. The summed E-state index contributed by atoms with van der Waals surface area (Å²) in [6, 6.07) is 71.5. The molecule has 0 bridgehead atoms. The van der Waals surface area contributed by atoms with Crippen LogP contribution in [0.2, 0.25) is 0 Å². The molecule has 0 unspecified atom stereocenters. The van der Waals surface area contributed by atoms with Gasteiger partial charge in [0, 0.05) is 58.5 Å². The van der Waals surface area contributed by atoms with E-state index in [-0.39, 0.29) is 0 Å². The monoisotopic (exact) mass is 716 g/mol. The standard InChI is InChI=1S/C52H32N2S/c1-2-13-38(14-3-1)54-49-27-23-36(31-45(49)43-25-21-33-11-4-5-16-40(33)52(43)54)35-22-26-48-44(30-35)41-17-6-8-19-47(41)53(48)39-15-10-12-34(29-39)37-24-28-51-46(32-37)42-18-7-9-20-50(42)55-51/h1-32H. The molecule has 0 saturated carbocycles. The minimum absolute atomic E-state index is 1.16. The molecule has 0 amide bonds. The first-order valence-electron chi connectivity index (χ1n) is 18.8. The molecular weight excluding hydrogens is 685 g/mol. The van der Waals surface area contributed by atoms with Crippen molar-refractivity contribution >= 4 is 85.9 Å². The maximum atomic E-state index is 2.43. The summed E-state index contributed by atoms with van der Waals surface area (Å²) >= 11 is 1.86. The van der Waals surface area contributed by atoms with Crippen LogP contribution in [-0.4, -0.2) is 9.13 Å². The third kappa shape index (κ3) is 4.60. The van der Waals surface area contributed by atoms with Crippen molar-refractivity contribution in [1.82, 2.24) is 9.13 Å². The largest absolute Gasteiger partial charge is 0.309 e. The molecule has 0 saturated heterocycles. The fourth-order valence-electron chi connectivity index (χ4n) is 8.97. The number of aromatic nitrogens is 2. The summed E-state index contributed by atoms with van der Waals surface area (Å²) in [4.78, 5) is 0. The first-order chi connectivity index (χ1) is 27.3. The second-order valence-electron chi connectivity index (χ2n) is 14.5. The highest BCUT2D eigenvalue weighted by Gasteiger charge is 2.18. The van der Waals surface area contributed by atoms with Gasteiger partial charge in [-0.3, -0.25) is 0 Å². The molecule has 55 heavy (non-hydrogen) atoms. The number of thiophene rings is 1. The number of fused-ring (bicyclic) bond motifs is 11. The quantitative estimate of drug-likeness (QED) is 0.172. The minimum atomic E-state index is 1.16. The van der Waals surface area contributed by atoms with Gasteiger partial charge in [-0.15, -0.1) is 11.3 Å². The summed E-state index contributed by atoms with van der Waals surface area (Å²) in [6.07, 6.45) is 0. The van der Waals surface area contributed by atoms with Gasteiger partial charge >= 0.3 is 0 Å². The van der Waals surface area contributed by atoms with Crippen LogP contribution in [0.4, 0.5) is 0 Å². The molecule has 3 heteroatoms.